The first-order valence-electron chi connectivity index (χ1n) is 9.60. The van der Waals surface area contributed by atoms with Gasteiger partial charge in [-0.1, -0.05) is 30.3 Å². The van der Waals surface area contributed by atoms with Gasteiger partial charge in [-0.15, -0.1) is 0 Å². The quantitative estimate of drug-likeness (QED) is 0.287. The summed E-state index contributed by atoms with van der Waals surface area (Å²) in [6.07, 6.45) is 1.21. The third-order valence-corrected chi connectivity index (χ3v) is 5.79. The van der Waals surface area contributed by atoms with E-state index >= 15 is 0 Å². The van der Waals surface area contributed by atoms with Crippen LogP contribution in [-0.2, 0) is 26.2 Å². The van der Waals surface area contributed by atoms with Gasteiger partial charge in [0.15, 0.2) is 0 Å². The van der Waals surface area contributed by atoms with E-state index in [1.807, 2.05) is 26.0 Å². The van der Waals surface area contributed by atoms with Crippen molar-refractivity contribution in [1.82, 2.24) is 10.1 Å². The Morgan fingerprint density at radius 3 is 2.50 bits per heavy atom. The number of carbonyl (C=O) groups is 2. The summed E-state index contributed by atoms with van der Waals surface area (Å²) in [6.45, 7) is 3.64. The van der Waals surface area contributed by atoms with Crippen LogP contribution in [0, 0.1) is 13.8 Å². The van der Waals surface area contributed by atoms with Crippen molar-refractivity contribution in [2.75, 3.05) is 5.32 Å². The molecule has 1 heterocycles. The summed E-state index contributed by atoms with van der Waals surface area (Å²) in [6, 6.07) is 16.6. The minimum atomic E-state index is -3.66. The van der Waals surface area contributed by atoms with Gasteiger partial charge in [-0.2, -0.15) is 5.10 Å². The van der Waals surface area contributed by atoms with E-state index in [0.29, 0.717) is 11.4 Å². The van der Waals surface area contributed by atoms with Gasteiger partial charge in [0.25, 0.3) is 0 Å². The lowest BCUT2D eigenvalue weighted by atomic mass is 10.1. The maximum absolute atomic E-state index is 12.2. The summed E-state index contributed by atoms with van der Waals surface area (Å²) in [4.78, 5) is 24.1. The summed E-state index contributed by atoms with van der Waals surface area (Å²) in [5.41, 5.74) is 4.44. The molecule has 2 aromatic carbocycles. The number of hydrogen-bond acceptors (Lipinski definition) is 6. The third-order valence-electron chi connectivity index (χ3n) is 4.38. The largest absolute Gasteiger partial charge is 0.459 e. The van der Waals surface area contributed by atoms with Crippen molar-refractivity contribution in [3.63, 3.8) is 0 Å². The molecule has 166 valence electrons. The van der Waals surface area contributed by atoms with Crippen LogP contribution >= 0.6 is 0 Å². The molecule has 0 bridgehead atoms. The van der Waals surface area contributed by atoms with E-state index in [9.17, 15) is 18.0 Å². The Morgan fingerprint density at radius 1 is 1.00 bits per heavy atom. The lowest BCUT2D eigenvalue weighted by Crippen LogP contribution is -2.32. The number of sulfonamides is 1. The zero-order chi connectivity index (χ0) is 23.1. The van der Waals surface area contributed by atoms with E-state index in [4.69, 9.17) is 4.42 Å². The highest BCUT2D eigenvalue weighted by Gasteiger charge is 2.15. The molecule has 0 unspecified atom stereocenters. The van der Waals surface area contributed by atoms with E-state index in [2.05, 4.69) is 20.6 Å². The van der Waals surface area contributed by atoms with Gasteiger partial charge in [-0.25, -0.2) is 18.6 Å². The van der Waals surface area contributed by atoms with Gasteiger partial charge in [0, 0.05) is 5.69 Å². The Balaban J connectivity index is 1.51. The molecule has 0 radical (unpaired) electrons. The van der Waals surface area contributed by atoms with Crippen molar-refractivity contribution >= 4 is 33.7 Å². The van der Waals surface area contributed by atoms with E-state index in [0.717, 1.165) is 11.1 Å². The summed E-state index contributed by atoms with van der Waals surface area (Å²) in [5.74, 6) is -1.17. The van der Waals surface area contributed by atoms with Crippen LogP contribution in [0.15, 0.2) is 75.1 Å². The molecule has 0 aliphatic rings. The summed E-state index contributed by atoms with van der Waals surface area (Å²) >= 11 is 0. The van der Waals surface area contributed by atoms with Crippen molar-refractivity contribution in [1.29, 1.82) is 0 Å². The molecule has 3 aromatic rings. The molecular formula is C22H22N4O5S. The molecule has 32 heavy (non-hydrogen) atoms. The second-order valence-corrected chi connectivity index (χ2v) is 8.68. The summed E-state index contributed by atoms with van der Waals surface area (Å²) < 4.78 is 32.3. The van der Waals surface area contributed by atoms with Crippen LogP contribution in [-0.4, -0.2) is 26.4 Å². The highest BCUT2D eigenvalue weighted by molar-refractivity contribution is 7.89. The number of aryl methyl sites for hydroxylation is 2. The Bertz CT molecular complexity index is 1250. The van der Waals surface area contributed by atoms with Crippen molar-refractivity contribution in [2.24, 2.45) is 5.10 Å². The number of nitrogens with zero attached hydrogens (tertiary/aromatic N) is 1. The van der Waals surface area contributed by atoms with E-state index in [1.54, 1.807) is 36.4 Å². The number of carbonyl (C=O) groups excluding carboxylic acids is 2. The van der Waals surface area contributed by atoms with Gasteiger partial charge >= 0.3 is 11.8 Å². The fourth-order valence-corrected chi connectivity index (χ4v) is 3.68. The van der Waals surface area contributed by atoms with Crippen LogP contribution in [0.5, 0.6) is 0 Å². The number of benzene rings is 2. The van der Waals surface area contributed by atoms with Crippen LogP contribution in [0.4, 0.5) is 5.69 Å². The van der Waals surface area contributed by atoms with Crippen LogP contribution < -0.4 is 15.5 Å². The zero-order valence-electron chi connectivity index (χ0n) is 17.5. The number of nitrogens with one attached hydrogen (secondary N) is 3. The van der Waals surface area contributed by atoms with Crippen LogP contribution in [0.25, 0.3) is 0 Å². The number of rotatable bonds is 7. The van der Waals surface area contributed by atoms with Gasteiger partial charge in [0.2, 0.25) is 10.0 Å². The maximum Gasteiger partial charge on any atom is 0.329 e. The predicted molar refractivity (Wildman–Crippen MR) is 119 cm³/mol. The Kier molecular flexibility index (Phi) is 7.18. The highest BCUT2D eigenvalue weighted by Crippen LogP contribution is 2.16. The maximum atomic E-state index is 12.2. The Morgan fingerprint density at radius 2 is 1.75 bits per heavy atom. The number of hydrogen-bond donors (Lipinski definition) is 3. The SMILES string of the molecule is Cc1ccc(C)c(NC(=O)C(=O)N/N=C/c2ccc(CNS(=O)(=O)c3ccccc3)o2)c1. The smallest absolute Gasteiger partial charge is 0.329 e. The molecule has 0 atom stereocenters. The predicted octanol–water partition coefficient (Wildman–Crippen LogP) is 2.46. The molecule has 0 fully saturated rings. The van der Waals surface area contributed by atoms with Crippen molar-refractivity contribution in [3.8, 4) is 0 Å². The number of anilines is 1. The van der Waals surface area contributed by atoms with Crippen LogP contribution in [0.1, 0.15) is 22.6 Å². The lowest BCUT2D eigenvalue weighted by molar-refractivity contribution is -0.136. The molecule has 2 amide bonds. The van der Waals surface area contributed by atoms with Gasteiger partial charge in [-0.05, 0) is 55.3 Å². The molecule has 3 N–H and O–H groups in total. The molecule has 9 nitrogen and oxygen atoms in total. The first kappa shape index (κ1) is 22.9. The molecule has 0 saturated heterocycles. The van der Waals surface area contributed by atoms with Crippen LogP contribution in [0.2, 0.25) is 0 Å². The molecule has 0 spiro atoms. The number of hydrazone groups is 1. The topological polar surface area (TPSA) is 130 Å². The van der Waals surface area contributed by atoms with Gasteiger partial charge in [0.05, 0.1) is 17.7 Å². The van der Waals surface area contributed by atoms with Gasteiger partial charge < -0.3 is 9.73 Å². The van der Waals surface area contributed by atoms with E-state index in [1.165, 1.54) is 18.3 Å². The molecule has 1 aromatic heterocycles. The van der Waals surface area contributed by atoms with E-state index < -0.39 is 21.8 Å². The average molecular weight is 455 g/mol. The Hall–Kier alpha value is -3.76. The Labute approximate surface area is 185 Å². The van der Waals surface area contributed by atoms with Gasteiger partial charge in [0.1, 0.15) is 11.5 Å². The first-order valence-corrected chi connectivity index (χ1v) is 11.1. The highest BCUT2D eigenvalue weighted by atomic mass is 32.2. The second-order valence-electron chi connectivity index (χ2n) is 6.91. The monoisotopic (exact) mass is 454 g/mol. The van der Waals surface area contributed by atoms with E-state index in [-0.39, 0.29) is 17.2 Å². The minimum Gasteiger partial charge on any atom is -0.459 e. The number of furan rings is 1. The molecule has 0 aliphatic carbocycles. The molecular weight excluding hydrogens is 432 g/mol. The fraction of sp³-hybridized carbons (Fsp3) is 0.136. The van der Waals surface area contributed by atoms with Crippen molar-refractivity contribution in [2.45, 2.75) is 25.3 Å². The fourth-order valence-electron chi connectivity index (χ4n) is 2.66. The lowest BCUT2D eigenvalue weighted by Gasteiger charge is -2.08. The van der Waals surface area contributed by atoms with Crippen molar-refractivity contribution in [3.05, 3.63) is 83.3 Å². The standard InChI is InChI=1S/C22H22N4O5S/c1-15-8-9-16(2)20(12-15)25-21(27)22(28)26-23-13-17-10-11-18(31-17)14-24-32(29,30)19-6-4-3-5-7-19/h3-13,24H,14H2,1-2H3,(H,25,27)(H,26,28)/b23-13+. The molecule has 10 heteroatoms. The average Bonchev–Trinajstić information content (AvgIpc) is 3.23. The first-order chi connectivity index (χ1) is 15.2. The molecule has 0 saturated carbocycles. The third kappa shape index (κ3) is 6.13. The summed E-state index contributed by atoms with van der Waals surface area (Å²) in [7, 11) is -3.66. The molecule has 0 aliphatic heterocycles. The summed E-state index contributed by atoms with van der Waals surface area (Å²) in [5, 5.41) is 6.23. The second kappa shape index (κ2) is 10.0. The zero-order valence-corrected chi connectivity index (χ0v) is 18.3. The normalized spacial score (nSPS) is 11.4. The minimum absolute atomic E-state index is 0.0598. The molecule has 3 rings (SSSR count). The van der Waals surface area contributed by atoms with Crippen molar-refractivity contribution < 1.29 is 22.4 Å². The van der Waals surface area contributed by atoms with Gasteiger partial charge in [-0.3, -0.25) is 9.59 Å². The van der Waals surface area contributed by atoms with Crippen LogP contribution in [0.3, 0.4) is 0 Å². The number of amides is 2.